The molecule has 1 saturated heterocycles. The van der Waals surface area contributed by atoms with Crippen LogP contribution in [0.2, 0.25) is 0 Å². The number of carbonyl (C=O) groups is 2. The Bertz CT molecular complexity index is 557. The zero-order chi connectivity index (χ0) is 14.4. The molecule has 106 valence electrons. The van der Waals surface area contributed by atoms with E-state index in [0.717, 1.165) is 5.57 Å². The Morgan fingerprint density at radius 3 is 2.70 bits per heavy atom. The first kappa shape index (κ1) is 13.1. The molecule has 0 amide bonds. The SMILES string of the molecule is C=C1C(=O)OC2CC3=C[C@@H](C/C(C)=C/C(O)[C@H]12)OC3=O. The summed E-state index contributed by atoms with van der Waals surface area (Å²) in [4.78, 5) is 23.5. The van der Waals surface area contributed by atoms with Crippen molar-refractivity contribution >= 4 is 11.9 Å². The second-order valence-electron chi connectivity index (χ2n) is 5.54. The summed E-state index contributed by atoms with van der Waals surface area (Å²) >= 11 is 0. The highest BCUT2D eigenvalue weighted by atomic mass is 16.6. The van der Waals surface area contributed by atoms with E-state index in [2.05, 4.69) is 6.58 Å². The van der Waals surface area contributed by atoms with E-state index in [0.29, 0.717) is 12.0 Å². The van der Waals surface area contributed by atoms with Crippen LogP contribution in [0.1, 0.15) is 19.8 Å². The van der Waals surface area contributed by atoms with Gasteiger partial charge in [-0.1, -0.05) is 18.2 Å². The molecule has 0 aromatic rings. The van der Waals surface area contributed by atoms with Crippen LogP contribution in [0.5, 0.6) is 0 Å². The van der Waals surface area contributed by atoms with Crippen LogP contribution in [0.4, 0.5) is 0 Å². The van der Waals surface area contributed by atoms with E-state index in [1.54, 1.807) is 12.2 Å². The van der Waals surface area contributed by atoms with E-state index < -0.39 is 24.1 Å². The number of aliphatic hydroxyl groups is 1. The van der Waals surface area contributed by atoms with Gasteiger partial charge >= 0.3 is 11.9 Å². The second kappa shape index (κ2) is 4.59. The van der Waals surface area contributed by atoms with Crippen molar-refractivity contribution in [3.63, 3.8) is 0 Å². The van der Waals surface area contributed by atoms with Crippen LogP contribution in [0, 0.1) is 5.92 Å². The summed E-state index contributed by atoms with van der Waals surface area (Å²) in [6.07, 6.45) is 2.58. The minimum atomic E-state index is -0.841. The molecule has 3 rings (SSSR count). The third-order valence-electron chi connectivity index (χ3n) is 4.00. The molecular formula is C15H16O5. The highest BCUT2D eigenvalue weighted by Crippen LogP contribution is 2.37. The number of hydrogen-bond acceptors (Lipinski definition) is 5. The molecule has 2 aliphatic heterocycles. The molecule has 0 radical (unpaired) electrons. The molecule has 1 aliphatic carbocycles. The lowest BCUT2D eigenvalue weighted by Gasteiger charge is -2.21. The molecule has 3 aliphatic rings. The maximum atomic E-state index is 11.8. The minimum Gasteiger partial charge on any atom is -0.458 e. The van der Waals surface area contributed by atoms with E-state index in [1.807, 2.05) is 6.92 Å². The van der Waals surface area contributed by atoms with E-state index in [1.165, 1.54) is 0 Å². The third-order valence-corrected chi connectivity index (χ3v) is 4.00. The zero-order valence-electron chi connectivity index (χ0n) is 11.2. The van der Waals surface area contributed by atoms with Crippen molar-refractivity contribution in [1.29, 1.82) is 0 Å². The van der Waals surface area contributed by atoms with Crippen LogP contribution in [-0.2, 0) is 19.1 Å². The Labute approximate surface area is 116 Å². The van der Waals surface area contributed by atoms with Gasteiger partial charge in [0.05, 0.1) is 12.0 Å². The molecule has 2 heterocycles. The van der Waals surface area contributed by atoms with E-state index in [9.17, 15) is 14.7 Å². The van der Waals surface area contributed by atoms with Crippen molar-refractivity contribution in [2.45, 2.75) is 38.1 Å². The summed E-state index contributed by atoms with van der Waals surface area (Å²) in [5.41, 5.74) is 1.67. The first-order valence-electron chi connectivity index (χ1n) is 6.62. The van der Waals surface area contributed by atoms with Crippen LogP contribution in [-0.4, -0.2) is 35.4 Å². The molecule has 1 fully saturated rings. The Hall–Kier alpha value is -1.88. The van der Waals surface area contributed by atoms with E-state index >= 15 is 0 Å². The highest BCUT2D eigenvalue weighted by molar-refractivity contribution is 5.93. The van der Waals surface area contributed by atoms with E-state index in [-0.39, 0.29) is 24.1 Å². The first-order chi connectivity index (χ1) is 9.45. The molecule has 5 nitrogen and oxygen atoms in total. The van der Waals surface area contributed by atoms with Gasteiger partial charge in [-0.3, -0.25) is 0 Å². The number of esters is 2. The maximum absolute atomic E-state index is 11.8. The Kier molecular flexibility index (Phi) is 3.01. The third kappa shape index (κ3) is 2.08. The van der Waals surface area contributed by atoms with Crippen LogP contribution >= 0.6 is 0 Å². The first-order valence-corrected chi connectivity index (χ1v) is 6.62. The molecule has 2 bridgehead atoms. The highest BCUT2D eigenvalue weighted by Gasteiger charge is 2.44. The number of ether oxygens (including phenoxy) is 2. The van der Waals surface area contributed by atoms with Crippen molar-refractivity contribution in [3.8, 4) is 0 Å². The van der Waals surface area contributed by atoms with Crippen molar-refractivity contribution in [2.24, 2.45) is 5.92 Å². The fraction of sp³-hybridized carbons (Fsp3) is 0.467. The van der Waals surface area contributed by atoms with Crippen LogP contribution in [0.15, 0.2) is 35.5 Å². The largest absolute Gasteiger partial charge is 0.458 e. The average molecular weight is 276 g/mol. The van der Waals surface area contributed by atoms with Crippen molar-refractivity contribution in [1.82, 2.24) is 0 Å². The standard InChI is InChI=1S/C15H16O5/c1-7-3-10-5-9(15(18)19-10)6-12-13(11(16)4-7)8(2)14(17)20-12/h4-5,10-13,16H,2-3,6H2,1H3/b7-4+/t10-,11?,12?,13+/m1/s1. The number of hydrogen-bond donors (Lipinski definition) is 1. The van der Waals surface area contributed by atoms with Crippen molar-refractivity contribution in [2.75, 3.05) is 0 Å². The Morgan fingerprint density at radius 2 is 1.95 bits per heavy atom. The monoisotopic (exact) mass is 276 g/mol. The van der Waals surface area contributed by atoms with Crippen LogP contribution in [0.25, 0.3) is 0 Å². The van der Waals surface area contributed by atoms with Crippen molar-refractivity contribution in [3.05, 3.63) is 35.5 Å². The molecule has 0 aromatic carbocycles. The van der Waals surface area contributed by atoms with Gasteiger partial charge in [0, 0.05) is 24.0 Å². The number of fused-ring (bicyclic) bond motifs is 2. The van der Waals surface area contributed by atoms with Gasteiger partial charge in [0.1, 0.15) is 12.2 Å². The lowest BCUT2D eigenvalue weighted by atomic mass is 9.86. The lowest BCUT2D eigenvalue weighted by molar-refractivity contribution is -0.142. The normalized spacial score (nSPS) is 39.4. The second-order valence-corrected chi connectivity index (χ2v) is 5.54. The summed E-state index contributed by atoms with van der Waals surface area (Å²) in [6, 6.07) is 0. The van der Waals surface area contributed by atoms with Gasteiger partial charge in [-0.15, -0.1) is 0 Å². The van der Waals surface area contributed by atoms with Crippen LogP contribution < -0.4 is 0 Å². The van der Waals surface area contributed by atoms with Gasteiger partial charge in [0.2, 0.25) is 0 Å². The molecule has 0 aromatic heterocycles. The summed E-state index contributed by atoms with van der Waals surface area (Å²) in [5.74, 6) is -1.39. The smallest absolute Gasteiger partial charge is 0.334 e. The molecule has 2 unspecified atom stereocenters. The van der Waals surface area contributed by atoms with Gasteiger partial charge < -0.3 is 14.6 Å². The number of carbonyl (C=O) groups excluding carboxylic acids is 2. The van der Waals surface area contributed by atoms with E-state index in [4.69, 9.17) is 9.47 Å². The fourth-order valence-corrected chi connectivity index (χ4v) is 3.03. The maximum Gasteiger partial charge on any atom is 0.334 e. The Balaban J connectivity index is 1.99. The molecule has 1 N–H and O–H groups in total. The van der Waals surface area contributed by atoms with Gasteiger partial charge in [-0.2, -0.15) is 0 Å². The average Bonchev–Trinajstić information content (AvgIpc) is 2.80. The Morgan fingerprint density at radius 1 is 1.20 bits per heavy atom. The zero-order valence-corrected chi connectivity index (χ0v) is 11.2. The van der Waals surface area contributed by atoms with Crippen molar-refractivity contribution < 1.29 is 24.2 Å². The number of aliphatic hydroxyl groups excluding tert-OH is 1. The minimum absolute atomic E-state index is 0.259. The van der Waals surface area contributed by atoms with Crippen LogP contribution in [0.3, 0.4) is 0 Å². The van der Waals surface area contributed by atoms with Gasteiger partial charge in [-0.05, 0) is 13.0 Å². The number of rotatable bonds is 0. The predicted octanol–water partition coefficient (Wildman–Crippen LogP) is 1.04. The molecule has 4 atom stereocenters. The lowest BCUT2D eigenvalue weighted by Crippen LogP contribution is -2.29. The quantitative estimate of drug-likeness (QED) is 0.406. The molecule has 0 spiro atoms. The van der Waals surface area contributed by atoms with Gasteiger partial charge in [0.15, 0.2) is 0 Å². The summed E-state index contributed by atoms with van der Waals surface area (Å²) in [7, 11) is 0. The fourth-order valence-electron chi connectivity index (χ4n) is 3.03. The molecule has 0 saturated carbocycles. The topological polar surface area (TPSA) is 72.8 Å². The molecule has 20 heavy (non-hydrogen) atoms. The summed E-state index contributed by atoms with van der Waals surface area (Å²) < 4.78 is 10.5. The summed E-state index contributed by atoms with van der Waals surface area (Å²) in [6.45, 7) is 5.56. The molecule has 5 heteroatoms. The summed E-state index contributed by atoms with van der Waals surface area (Å²) in [5, 5.41) is 10.3. The predicted molar refractivity (Wildman–Crippen MR) is 69.5 cm³/mol. The van der Waals surface area contributed by atoms with Gasteiger partial charge in [0.25, 0.3) is 0 Å². The van der Waals surface area contributed by atoms with Gasteiger partial charge in [-0.25, -0.2) is 9.59 Å². The molecular weight excluding hydrogens is 260 g/mol.